The van der Waals surface area contributed by atoms with Crippen molar-refractivity contribution >= 4 is 11.8 Å². The zero-order valence-corrected chi connectivity index (χ0v) is 7.00. The Morgan fingerprint density at radius 1 is 1.15 bits per heavy atom. The minimum atomic E-state index is -0.858. The van der Waals surface area contributed by atoms with Crippen molar-refractivity contribution in [3.05, 3.63) is 0 Å². The smallest absolute Gasteiger partial charge is 0.230 e. The molecule has 2 saturated carbocycles. The van der Waals surface area contributed by atoms with Crippen molar-refractivity contribution < 1.29 is 14.0 Å². The monoisotopic (exact) mass is 183 g/mol. The molecule has 70 valence electrons. The number of carbonyl (C=O) groups is 2. The molecule has 3 fully saturated rings. The fraction of sp³-hybridized carbons (Fsp3) is 0.778. The van der Waals surface area contributed by atoms with Gasteiger partial charge in [0, 0.05) is 5.92 Å². The van der Waals surface area contributed by atoms with Crippen LogP contribution in [0.2, 0.25) is 0 Å². The molecule has 5 unspecified atom stereocenters. The molecule has 2 amide bonds. The third-order valence-electron chi connectivity index (χ3n) is 3.78. The predicted molar refractivity (Wildman–Crippen MR) is 41.2 cm³/mol. The van der Waals surface area contributed by atoms with E-state index in [4.69, 9.17) is 0 Å². The largest absolute Gasteiger partial charge is 0.296 e. The highest BCUT2D eigenvalue weighted by atomic mass is 19.1. The molecule has 4 heteroatoms. The SMILES string of the molecule is O=C1NC(=O)C2C3CC(CC3F)C12. The van der Waals surface area contributed by atoms with Gasteiger partial charge in [0.2, 0.25) is 11.8 Å². The summed E-state index contributed by atoms with van der Waals surface area (Å²) in [5.74, 6) is -1.03. The van der Waals surface area contributed by atoms with Gasteiger partial charge in [-0.1, -0.05) is 0 Å². The minimum Gasteiger partial charge on any atom is -0.296 e. The Balaban J connectivity index is 2.00. The molecule has 0 aromatic rings. The second-order valence-corrected chi connectivity index (χ2v) is 4.32. The Morgan fingerprint density at radius 3 is 2.62 bits per heavy atom. The van der Waals surface area contributed by atoms with Crippen molar-refractivity contribution in [2.24, 2.45) is 23.7 Å². The molecule has 3 rings (SSSR count). The molecule has 3 aliphatic rings. The van der Waals surface area contributed by atoms with E-state index in [0.717, 1.165) is 6.42 Å². The highest BCUT2D eigenvalue weighted by Gasteiger charge is 2.61. The summed E-state index contributed by atoms with van der Waals surface area (Å²) in [5, 5.41) is 2.30. The molecule has 0 radical (unpaired) electrons. The van der Waals surface area contributed by atoms with Gasteiger partial charge in [0.05, 0.1) is 11.8 Å². The quantitative estimate of drug-likeness (QED) is 0.547. The normalized spacial score (nSPS) is 52.5. The van der Waals surface area contributed by atoms with E-state index < -0.39 is 6.17 Å². The van der Waals surface area contributed by atoms with Crippen LogP contribution in [0.5, 0.6) is 0 Å². The molecule has 1 aliphatic heterocycles. The molecular formula is C9H10FNO2. The number of alkyl halides is 1. The Labute approximate surface area is 74.7 Å². The first-order valence-corrected chi connectivity index (χ1v) is 4.67. The summed E-state index contributed by atoms with van der Waals surface area (Å²) in [5.41, 5.74) is 0. The van der Waals surface area contributed by atoms with Gasteiger partial charge < -0.3 is 0 Å². The van der Waals surface area contributed by atoms with E-state index in [1.165, 1.54) is 0 Å². The van der Waals surface area contributed by atoms with Crippen molar-refractivity contribution in [1.29, 1.82) is 0 Å². The van der Waals surface area contributed by atoms with Gasteiger partial charge in [0.25, 0.3) is 0 Å². The van der Waals surface area contributed by atoms with Crippen molar-refractivity contribution in [3.63, 3.8) is 0 Å². The van der Waals surface area contributed by atoms with Gasteiger partial charge in [-0.2, -0.15) is 0 Å². The summed E-state index contributed by atoms with van der Waals surface area (Å²) in [6.07, 6.45) is 0.352. The summed E-state index contributed by atoms with van der Waals surface area (Å²) in [6, 6.07) is 0. The van der Waals surface area contributed by atoms with Crippen molar-refractivity contribution in [1.82, 2.24) is 5.32 Å². The van der Waals surface area contributed by atoms with Crippen molar-refractivity contribution in [3.8, 4) is 0 Å². The van der Waals surface area contributed by atoms with E-state index >= 15 is 0 Å². The average molecular weight is 183 g/mol. The maximum absolute atomic E-state index is 13.3. The first-order valence-electron chi connectivity index (χ1n) is 4.67. The zero-order valence-electron chi connectivity index (χ0n) is 7.00. The fourth-order valence-corrected chi connectivity index (χ4v) is 3.30. The number of amides is 2. The molecule has 13 heavy (non-hydrogen) atoms. The molecular weight excluding hydrogens is 173 g/mol. The lowest BCUT2D eigenvalue weighted by molar-refractivity contribution is -0.126. The van der Waals surface area contributed by atoms with Crippen LogP contribution in [0.15, 0.2) is 0 Å². The van der Waals surface area contributed by atoms with E-state index in [1.807, 2.05) is 0 Å². The number of nitrogens with one attached hydrogen (secondary N) is 1. The molecule has 3 nitrogen and oxygen atoms in total. The number of rotatable bonds is 0. The second-order valence-electron chi connectivity index (χ2n) is 4.32. The highest BCUT2D eigenvalue weighted by Crippen LogP contribution is 2.55. The molecule has 0 spiro atoms. The number of carbonyl (C=O) groups excluding carboxylic acids is 2. The number of halogens is 1. The molecule has 5 atom stereocenters. The summed E-state index contributed by atoms with van der Waals surface area (Å²) in [6.45, 7) is 0. The lowest BCUT2D eigenvalue weighted by Gasteiger charge is -2.22. The average Bonchev–Trinajstić information content (AvgIpc) is 2.64. The van der Waals surface area contributed by atoms with Gasteiger partial charge in [-0.25, -0.2) is 4.39 Å². The number of imide groups is 1. The van der Waals surface area contributed by atoms with Crippen LogP contribution in [-0.2, 0) is 9.59 Å². The van der Waals surface area contributed by atoms with Crippen LogP contribution in [0, 0.1) is 23.7 Å². The van der Waals surface area contributed by atoms with Gasteiger partial charge in [-0.05, 0) is 18.8 Å². The van der Waals surface area contributed by atoms with Crippen molar-refractivity contribution in [2.75, 3.05) is 0 Å². The maximum atomic E-state index is 13.3. The summed E-state index contributed by atoms with van der Waals surface area (Å²) >= 11 is 0. The van der Waals surface area contributed by atoms with Gasteiger partial charge in [0.1, 0.15) is 6.17 Å². The molecule has 1 heterocycles. The van der Waals surface area contributed by atoms with E-state index in [0.29, 0.717) is 6.42 Å². The zero-order chi connectivity index (χ0) is 9.16. The van der Waals surface area contributed by atoms with Gasteiger partial charge in [0.15, 0.2) is 0 Å². The van der Waals surface area contributed by atoms with Crippen LogP contribution < -0.4 is 5.32 Å². The standard InChI is InChI=1S/C9H10FNO2/c10-5-2-3-1-4(5)7-6(3)8(12)11-9(7)13/h3-7H,1-2H2,(H,11,12,13). The fourth-order valence-electron chi connectivity index (χ4n) is 3.30. The topological polar surface area (TPSA) is 46.2 Å². The van der Waals surface area contributed by atoms with E-state index in [-0.39, 0.29) is 35.5 Å². The summed E-state index contributed by atoms with van der Waals surface area (Å²) in [7, 11) is 0. The predicted octanol–water partition coefficient (Wildman–Crippen LogP) is 0.253. The van der Waals surface area contributed by atoms with Gasteiger partial charge in [-0.3, -0.25) is 14.9 Å². The third-order valence-corrected chi connectivity index (χ3v) is 3.78. The lowest BCUT2D eigenvalue weighted by atomic mass is 9.80. The van der Waals surface area contributed by atoms with Crippen LogP contribution in [0.1, 0.15) is 12.8 Å². The van der Waals surface area contributed by atoms with Gasteiger partial charge in [-0.15, -0.1) is 0 Å². The van der Waals surface area contributed by atoms with E-state index in [2.05, 4.69) is 5.32 Å². The van der Waals surface area contributed by atoms with Crippen LogP contribution in [0.4, 0.5) is 4.39 Å². The van der Waals surface area contributed by atoms with Gasteiger partial charge >= 0.3 is 0 Å². The Bertz CT molecular complexity index is 304. The summed E-state index contributed by atoms with van der Waals surface area (Å²) in [4.78, 5) is 22.6. The molecule has 0 aromatic carbocycles. The minimum absolute atomic E-state index is 0.122. The van der Waals surface area contributed by atoms with E-state index in [1.54, 1.807) is 0 Å². The molecule has 2 bridgehead atoms. The number of hydrogen-bond acceptors (Lipinski definition) is 2. The van der Waals surface area contributed by atoms with Crippen molar-refractivity contribution in [2.45, 2.75) is 19.0 Å². The van der Waals surface area contributed by atoms with E-state index in [9.17, 15) is 14.0 Å². The second kappa shape index (κ2) is 2.11. The third kappa shape index (κ3) is 0.740. The number of hydrogen-bond donors (Lipinski definition) is 1. The first kappa shape index (κ1) is 7.47. The van der Waals surface area contributed by atoms with Crippen LogP contribution >= 0.6 is 0 Å². The summed E-state index contributed by atoms with van der Waals surface area (Å²) < 4.78 is 13.3. The van der Waals surface area contributed by atoms with Crippen LogP contribution in [0.3, 0.4) is 0 Å². The highest BCUT2D eigenvalue weighted by molar-refractivity contribution is 6.06. The van der Waals surface area contributed by atoms with Crippen LogP contribution in [0.25, 0.3) is 0 Å². The first-order chi connectivity index (χ1) is 6.18. The molecule has 0 aromatic heterocycles. The Kier molecular flexibility index (Phi) is 1.21. The Hall–Kier alpha value is -0.930. The lowest BCUT2D eigenvalue weighted by Crippen LogP contribution is -2.31. The number of fused-ring (bicyclic) bond motifs is 5. The van der Waals surface area contributed by atoms with Crippen LogP contribution in [-0.4, -0.2) is 18.0 Å². The molecule has 1 N–H and O–H groups in total. The molecule has 1 saturated heterocycles. The molecule has 2 aliphatic carbocycles. The maximum Gasteiger partial charge on any atom is 0.230 e. The Morgan fingerprint density at radius 2 is 1.85 bits per heavy atom.